The van der Waals surface area contributed by atoms with Crippen LogP contribution < -0.4 is 0 Å². The Morgan fingerprint density at radius 3 is 2.44 bits per heavy atom. The minimum absolute atomic E-state index is 0.113. The van der Waals surface area contributed by atoms with Crippen molar-refractivity contribution in [2.75, 3.05) is 0 Å². The molecule has 0 aromatic carbocycles. The lowest BCUT2D eigenvalue weighted by atomic mass is 10.1. The lowest BCUT2D eigenvalue weighted by molar-refractivity contribution is -0.231. The molecule has 1 N–H and O–H groups in total. The predicted octanol–water partition coefficient (Wildman–Crippen LogP) is 1.43. The zero-order valence-corrected chi connectivity index (χ0v) is 9.97. The molecule has 0 aliphatic heterocycles. The SMILES string of the molecule is CC(C)(C)ON(C=O)[C@H]1CC[C@@H](C(=O)O)C1. The maximum Gasteiger partial charge on any atom is 0.306 e. The average molecular weight is 229 g/mol. The summed E-state index contributed by atoms with van der Waals surface area (Å²) < 4.78 is 0. The van der Waals surface area contributed by atoms with Gasteiger partial charge in [0.15, 0.2) is 0 Å². The summed E-state index contributed by atoms with van der Waals surface area (Å²) in [6, 6.07) is -0.113. The normalized spacial score (nSPS) is 25.4. The van der Waals surface area contributed by atoms with Crippen LogP contribution in [0.1, 0.15) is 40.0 Å². The number of hydrogen-bond donors (Lipinski definition) is 1. The number of aliphatic carboxylic acids is 1. The maximum absolute atomic E-state index is 10.9. The van der Waals surface area contributed by atoms with E-state index in [1.54, 1.807) is 0 Å². The number of amides is 1. The van der Waals surface area contributed by atoms with E-state index >= 15 is 0 Å². The molecule has 0 radical (unpaired) electrons. The van der Waals surface area contributed by atoms with Gasteiger partial charge in [0.25, 0.3) is 0 Å². The first-order valence-electron chi connectivity index (χ1n) is 5.49. The molecule has 1 aliphatic carbocycles. The van der Waals surface area contributed by atoms with E-state index in [4.69, 9.17) is 9.94 Å². The molecule has 1 aliphatic rings. The molecule has 1 fully saturated rings. The van der Waals surface area contributed by atoms with Crippen molar-refractivity contribution in [2.45, 2.75) is 51.7 Å². The van der Waals surface area contributed by atoms with Crippen LogP contribution in [0.4, 0.5) is 0 Å². The highest BCUT2D eigenvalue weighted by Crippen LogP contribution is 2.30. The van der Waals surface area contributed by atoms with Crippen molar-refractivity contribution in [3.8, 4) is 0 Å². The average Bonchev–Trinajstić information content (AvgIpc) is 2.61. The van der Waals surface area contributed by atoms with Gasteiger partial charge in [-0.2, -0.15) is 0 Å². The van der Waals surface area contributed by atoms with Crippen molar-refractivity contribution in [3.05, 3.63) is 0 Å². The van der Waals surface area contributed by atoms with Crippen molar-refractivity contribution in [1.82, 2.24) is 5.06 Å². The molecular weight excluding hydrogens is 210 g/mol. The summed E-state index contributed by atoms with van der Waals surface area (Å²) in [7, 11) is 0. The zero-order valence-electron chi connectivity index (χ0n) is 9.97. The fourth-order valence-corrected chi connectivity index (χ4v) is 1.91. The van der Waals surface area contributed by atoms with Gasteiger partial charge in [-0.05, 0) is 40.0 Å². The Morgan fingerprint density at radius 1 is 1.44 bits per heavy atom. The van der Waals surface area contributed by atoms with Crippen LogP contribution in [0.25, 0.3) is 0 Å². The molecule has 16 heavy (non-hydrogen) atoms. The fraction of sp³-hybridized carbons (Fsp3) is 0.818. The van der Waals surface area contributed by atoms with Gasteiger partial charge < -0.3 is 5.11 Å². The van der Waals surface area contributed by atoms with Crippen molar-refractivity contribution in [3.63, 3.8) is 0 Å². The van der Waals surface area contributed by atoms with Crippen LogP contribution in [0, 0.1) is 5.92 Å². The van der Waals surface area contributed by atoms with Gasteiger partial charge in [-0.3, -0.25) is 14.4 Å². The summed E-state index contributed by atoms with van der Waals surface area (Å²) in [6.45, 7) is 5.56. The second kappa shape index (κ2) is 4.82. The van der Waals surface area contributed by atoms with Gasteiger partial charge in [-0.1, -0.05) is 0 Å². The van der Waals surface area contributed by atoms with E-state index < -0.39 is 11.6 Å². The minimum atomic E-state index is -0.788. The van der Waals surface area contributed by atoms with Crippen LogP contribution in [-0.4, -0.2) is 34.2 Å². The fourth-order valence-electron chi connectivity index (χ4n) is 1.91. The van der Waals surface area contributed by atoms with Gasteiger partial charge >= 0.3 is 5.97 Å². The van der Waals surface area contributed by atoms with E-state index in [1.807, 2.05) is 20.8 Å². The van der Waals surface area contributed by atoms with Gasteiger partial charge in [0.1, 0.15) is 0 Å². The van der Waals surface area contributed by atoms with Crippen molar-refractivity contribution in [1.29, 1.82) is 0 Å². The molecule has 1 rings (SSSR count). The molecule has 5 heteroatoms. The van der Waals surface area contributed by atoms with Gasteiger partial charge in [-0.25, -0.2) is 5.06 Å². The number of hydroxylamine groups is 2. The molecule has 2 atom stereocenters. The Hall–Kier alpha value is -1.10. The summed E-state index contributed by atoms with van der Waals surface area (Å²) in [5, 5.41) is 10.1. The van der Waals surface area contributed by atoms with Gasteiger partial charge in [0.05, 0.1) is 17.6 Å². The Labute approximate surface area is 95.3 Å². The van der Waals surface area contributed by atoms with E-state index in [-0.39, 0.29) is 12.0 Å². The Bertz CT molecular complexity index is 272. The third-order valence-electron chi connectivity index (χ3n) is 2.60. The number of carboxylic acids is 1. The number of carbonyl (C=O) groups excluding carboxylic acids is 1. The lowest BCUT2D eigenvalue weighted by Gasteiger charge is -2.30. The third-order valence-corrected chi connectivity index (χ3v) is 2.60. The molecule has 0 bridgehead atoms. The number of carboxylic acid groups (broad SMARTS) is 1. The predicted molar refractivity (Wildman–Crippen MR) is 57.5 cm³/mol. The molecular formula is C11H19NO4. The van der Waals surface area contributed by atoms with E-state index in [0.717, 1.165) is 0 Å². The first-order valence-corrected chi connectivity index (χ1v) is 5.49. The molecule has 0 aromatic rings. The molecule has 1 saturated carbocycles. The Kier molecular flexibility index (Phi) is 3.91. The largest absolute Gasteiger partial charge is 0.481 e. The lowest BCUT2D eigenvalue weighted by Crippen LogP contribution is -2.39. The van der Waals surface area contributed by atoms with E-state index in [0.29, 0.717) is 25.7 Å². The second-order valence-corrected chi connectivity index (χ2v) is 5.17. The molecule has 5 nitrogen and oxygen atoms in total. The minimum Gasteiger partial charge on any atom is -0.481 e. The first kappa shape index (κ1) is 13.0. The van der Waals surface area contributed by atoms with E-state index in [2.05, 4.69) is 0 Å². The van der Waals surface area contributed by atoms with Crippen molar-refractivity contribution >= 4 is 12.4 Å². The Morgan fingerprint density at radius 2 is 2.06 bits per heavy atom. The van der Waals surface area contributed by atoms with Crippen LogP contribution in [0.5, 0.6) is 0 Å². The molecule has 0 spiro atoms. The summed E-state index contributed by atoms with van der Waals surface area (Å²) in [6.07, 6.45) is 2.41. The van der Waals surface area contributed by atoms with Crippen LogP contribution in [-0.2, 0) is 14.4 Å². The number of hydrogen-bond acceptors (Lipinski definition) is 3. The van der Waals surface area contributed by atoms with Crippen LogP contribution in [0.15, 0.2) is 0 Å². The Balaban J connectivity index is 2.56. The molecule has 0 aromatic heterocycles. The summed E-state index contributed by atoms with van der Waals surface area (Å²) >= 11 is 0. The number of carbonyl (C=O) groups is 2. The van der Waals surface area contributed by atoms with Crippen LogP contribution >= 0.6 is 0 Å². The van der Waals surface area contributed by atoms with E-state index in [1.165, 1.54) is 5.06 Å². The topological polar surface area (TPSA) is 66.8 Å². The first-order chi connectivity index (χ1) is 7.33. The monoisotopic (exact) mass is 229 g/mol. The quantitative estimate of drug-likeness (QED) is 0.585. The van der Waals surface area contributed by atoms with Crippen molar-refractivity contribution in [2.24, 2.45) is 5.92 Å². The number of rotatable bonds is 4. The zero-order chi connectivity index (χ0) is 12.3. The molecule has 1 amide bonds. The smallest absolute Gasteiger partial charge is 0.306 e. The third kappa shape index (κ3) is 3.48. The van der Waals surface area contributed by atoms with E-state index in [9.17, 15) is 9.59 Å². The maximum atomic E-state index is 10.9. The number of nitrogens with zero attached hydrogens (tertiary/aromatic N) is 1. The van der Waals surface area contributed by atoms with Crippen LogP contribution in [0.2, 0.25) is 0 Å². The van der Waals surface area contributed by atoms with Crippen molar-refractivity contribution < 1.29 is 19.5 Å². The summed E-state index contributed by atoms with van der Waals surface area (Å²) in [5.74, 6) is -1.14. The molecule has 0 heterocycles. The highest BCUT2D eigenvalue weighted by Gasteiger charge is 2.34. The molecule has 0 saturated heterocycles. The highest BCUT2D eigenvalue weighted by molar-refractivity contribution is 5.70. The molecule has 0 unspecified atom stereocenters. The highest BCUT2D eigenvalue weighted by atomic mass is 16.7. The summed E-state index contributed by atoms with van der Waals surface area (Å²) in [5.41, 5.74) is -0.442. The van der Waals surface area contributed by atoms with Gasteiger partial charge in [0, 0.05) is 0 Å². The summed E-state index contributed by atoms with van der Waals surface area (Å²) in [4.78, 5) is 27.2. The second-order valence-electron chi connectivity index (χ2n) is 5.17. The standard InChI is InChI=1S/C11H19NO4/c1-11(2,3)16-12(7-13)9-5-4-8(6-9)10(14)15/h7-9H,4-6H2,1-3H3,(H,14,15)/t8-,9+/m1/s1. The van der Waals surface area contributed by atoms with Crippen LogP contribution in [0.3, 0.4) is 0 Å². The van der Waals surface area contributed by atoms with Gasteiger partial charge in [0.2, 0.25) is 6.41 Å². The molecule has 92 valence electrons. The van der Waals surface area contributed by atoms with Gasteiger partial charge in [-0.15, -0.1) is 0 Å².